The van der Waals surface area contributed by atoms with Crippen LogP contribution in [0, 0.1) is 6.92 Å². The Morgan fingerprint density at radius 3 is 2.37 bits per heavy atom. The summed E-state index contributed by atoms with van der Waals surface area (Å²) >= 11 is 0. The van der Waals surface area contributed by atoms with E-state index in [4.69, 9.17) is 0 Å². The van der Waals surface area contributed by atoms with E-state index in [1.807, 2.05) is 32.8 Å². The highest BCUT2D eigenvalue weighted by Crippen LogP contribution is 2.25. The largest absolute Gasteiger partial charge is 0.387 e. The topological polar surface area (TPSA) is 69.6 Å². The highest BCUT2D eigenvalue weighted by molar-refractivity contribution is 7.89. The normalized spacial score (nSPS) is 15.5. The first-order valence-corrected chi connectivity index (χ1v) is 7.57. The monoisotopic (exact) mass is 286 g/mol. The molecule has 2 unspecified atom stereocenters. The number of nitrogens with zero attached hydrogens (tertiary/aromatic N) is 1. The number of hydrogen-bond donors (Lipinski definition) is 2. The summed E-state index contributed by atoms with van der Waals surface area (Å²) in [5.41, 5.74) is 1.51. The molecule has 19 heavy (non-hydrogen) atoms. The Kier molecular flexibility index (Phi) is 5.09. The molecule has 0 aliphatic heterocycles. The van der Waals surface area contributed by atoms with Crippen molar-refractivity contribution in [2.24, 2.45) is 0 Å². The molecule has 0 spiro atoms. The van der Waals surface area contributed by atoms with Gasteiger partial charge in [-0.3, -0.25) is 0 Å². The summed E-state index contributed by atoms with van der Waals surface area (Å²) in [5, 5.41) is 10.3. The summed E-state index contributed by atoms with van der Waals surface area (Å²) in [6.07, 6.45) is -0.734. The zero-order valence-electron chi connectivity index (χ0n) is 12.0. The molecule has 0 saturated carbocycles. The van der Waals surface area contributed by atoms with E-state index in [0.29, 0.717) is 5.56 Å². The Labute approximate surface area is 115 Å². The highest BCUT2D eigenvalue weighted by Gasteiger charge is 2.22. The second-order valence-electron chi connectivity index (χ2n) is 4.88. The van der Waals surface area contributed by atoms with Gasteiger partial charge in [0.05, 0.1) is 11.0 Å². The molecule has 0 aliphatic rings. The van der Waals surface area contributed by atoms with Crippen LogP contribution in [0.1, 0.15) is 24.2 Å². The van der Waals surface area contributed by atoms with Crippen molar-refractivity contribution in [3.05, 3.63) is 29.3 Å². The maximum atomic E-state index is 11.8. The number of aliphatic hydroxyl groups excluding tert-OH is 1. The minimum Gasteiger partial charge on any atom is -0.387 e. The van der Waals surface area contributed by atoms with Gasteiger partial charge in [-0.25, -0.2) is 13.1 Å². The highest BCUT2D eigenvalue weighted by atomic mass is 32.2. The van der Waals surface area contributed by atoms with Gasteiger partial charge >= 0.3 is 0 Å². The summed E-state index contributed by atoms with van der Waals surface area (Å²) in [5.74, 6) is 0. The van der Waals surface area contributed by atoms with Gasteiger partial charge in [0, 0.05) is 6.04 Å². The molecular weight excluding hydrogens is 264 g/mol. The van der Waals surface area contributed by atoms with Crippen molar-refractivity contribution in [1.29, 1.82) is 0 Å². The molecule has 5 nitrogen and oxygen atoms in total. The van der Waals surface area contributed by atoms with Crippen LogP contribution in [0.15, 0.2) is 23.1 Å². The number of nitrogens with one attached hydrogen (secondary N) is 1. The SMILES string of the molecule is CNS(=O)(=O)c1ccc(C)c(C(O)C(C)N(C)C)c1. The van der Waals surface area contributed by atoms with Crippen LogP contribution < -0.4 is 4.72 Å². The minimum absolute atomic E-state index is 0.105. The molecule has 1 aromatic carbocycles. The van der Waals surface area contributed by atoms with Crippen LogP contribution in [0.3, 0.4) is 0 Å². The summed E-state index contributed by atoms with van der Waals surface area (Å²) in [6, 6.07) is 4.68. The lowest BCUT2D eigenvalue weighted by atomic mass is 9.98. The molecule has 0 saturated heterocycles. The van der Waals surface area contributed by atoms with Crippen molar-refractivity contribution in [3.8, 4) is 0 Å². The molecule has 1 aromatic rings. The standard InChI is InChI=1S/C13H22N2O3S/c1-9-6-7-11(19(17,18)14-3)8-12(9)13(16)10(2)15(4)5/h6-8,10,13-14,16H,1-5H3. The molecule has 6 heteroatoms. The summed E-state index contributed by atoms with van der Waals surface area (Å²) < 4.78 is 25.9. The molecule has 0 fully saturated rings. The van der Waals surface area contributed by atoms with Crippen LogP contribution in [0.4, 0.5) is 0 Å². The lowest BCUT2D eigenvalue weighted by Gasteiger charge is -2.27. The van der Waals surface area contributed by atoms with Crippen molar-refractivity contribution < 1.29 is 13.5 Å². The Balaban J connectivity index is 3.25. The van der Waals surface area contributed by atoms with Crippen molar-refractivity contribution in [2.75, 3.05) is 21.1 Å². The van der Waals surface area contributed by atoms with Crippen molar-refractivity contribution in [2.45, 2.75) is 30.9 Å². The van der Waals surface area contributed by atoms with E-state index in [1.165, 1.54) is 19.2 Å². The van der Waals surface area contributed by atoms with Gasteiger partial charge in [-0.1, -0.05) is 6.07 Å². The van der Waals surface area contributed by atoms with Gasteiger partial charge in [-0.05, 0) is 58.3 Å². The zero-order valence-corrected chi connectivity index (χ0v) is 12.8. The average Bonchev–Trinajstić information content (AvgIpc) is 2.37. The van der Waals surface area contributed by atoms with Gasteiger partial charge in [-0.2, -0.15) is 0 Å². The third-order valence-corrected chi connectivity index (χ3v) is 4.83. The van der Waals surface area contributed by atoms with E-state index in [2.05, 4.69) is 4.72 Å². The van der Waals surface area contributed by atoms with E-state index in [1.54, 1.807) is 6.07 Å². The number of likely N-dealkylation sites (N-methyl/N-ethyl adjacent to an activating group) is 1. The van der Waals surface area contributed by atoms with Gasteiger partial charge < -0.3 is 10.0 Å². The Morgan fingerprint density at radius 2 is 1.89 bits per heavy atom. The van der Waals surface area contributed by atoms with Gasteiger partial charge in [0.2, 0.25) is 10.0 Å². The predicted octanol–water partition coefficient (Wildman–Crippen LogP) is 0.887. The van der Waals surface area contributed by atoms with Crippen molar-refractivity contribution in [3.63, 3.8) is 0 Å². The quantitative estimate of drug-likeness (QED) is 0.843. The fourth-order valence-corrected chi connectivity index (χ4v) is 2.53. The van der Waals surface area contributed by atoms with Crippen molar-refractivity contribution >= 4 is 10.0 Å². The van der Waals surface area contributed by atoms with Gasteiger partial charge in [0.1, 0.15) is 0 Å². The Bertz CT molecular complexity index is 541. The summed E-state index contributed by atoms with van der Waals surface area (Å²) in [4.78, 5) is 2.06. The van der Waals surface area contributed by atoms with Crippen LogP contribution in [0.2, 0.25) is 0 Å². The van der Waals surface area contributed by atoms with Crippen LogP contribution in [-0.2, 0) is 10.0 Å². The van der Waals surface area contributed by atoms with Crippen molar-refractivity contribution in [1.82, 2.24) is 9.62 Å². The molecule has 0 amide bonds. The first-order valence-electron chi connectivity index (χ1n) is 6.09. The van der Waals surface area contributed by atoms with Crippen LogP contribution in [0.25, 0.3) is 0 Å². The third-order valence-electron chi connectivity index (χ3n) is 3.42. The second kappa shape index (κ2) is 6.00. The molecule has 0 aromatic heterocycles. The van der Waals surface area contributed by atoms with Gasteiger partial charge in [0.25, 0.3) is 0 Å². The molecular formula is C13H22N2O3S. The van der Waals surface area contributed by atoms with E-state index in [9.17, 15) is 13.5 Å². The number of aliphatic hydroxyl groups is 1. The zero-order chi connectivity index (χ0) is 14.8. The third kappa shape index (κ3) is 3.54. The Morgan fingerprint density at radius 1 is 1.32 bits per heavy atom. The second-order valence-corrected chi connectivity index (χ2v) is 6.76. The number of rotatable bonds is 5. The first kappa shape index (κ1) is 16.1. The maximum Gasteiger partial charge on any atom is 0.240 e. The number of benzene rings is 1. The summed E-state index contributed by atoms with van der Waals surface area (Å²) in [7, 11) is 1.62. The van der Waals surface area contributed by atoms with E-state index >= 15 is 0 Å². The first-order chi connectivity index (χ1) is 8.70. The lowest BCUT2D eigenvalue weighted by molar-refractivity contribution is 0.0852. The molecule has 0 heterocycles. The predicted molar refractivity (Wildman–Crippen MR) is 75.5 cm³/mol. The van der Waals surface area contributed by atoms with Gasteiger partial charge in [0.15, 0.2) is 0 Å². The Hall–Kier alpha value is -0.950. The average molecular weight is 286 g/mol. The molecule has 0 radical (unpaired) electrons. The number of hydrogen-bond acceptors (Lipinski definition) is 4. The summed E-state index contributed by atoms with van der Waals surface area (Å²) in [6.45, 7) is 3.75. The minimum atomic E-state index is -3.49. The molecule has 1 rings (SSSR count). The number of sulfonamides is 1. The fraction of sp³-hybridized carbons (Fsp3) is 0.538. The molecule has 2 atom stereocenters. The lowest BCUT2D eigenvalue weighted by Crippen LogP contribution is -2.31. The van der Waals surface area contributed by atoms with E-state index in [-0.39, 0.29) is 10.9 Å². The van der Waals surface area contributed by atoms with E-state index in [0.717, 1.165) is 5.56 Å². The molecule has 0 bridgehead atoms. The molecule has 2 N–H and O–H groups in total. The molecule has 108 valence electrons. The smallest absolute Gasteiger partial charge is 0.240 e. The van der Waals surface area contributed by atoms with Crippen LogP contribution in [0.5, 0.6) is 0 Å². The van der Waals surface area contributed by atoms with Crippen LogP contribution in [-0.4, -0.2) is 45.6 Å². The van der Waals surface area contributed by atoms with Crippen LogP contribution >= 0.6 is 0 Å². The van der Waals surface area contributed by atoms with Gasteiger partial charge in [-0.15, -0.1) is 0 Å². The fourth-order valence-electron chi connectivity index (χ4n) is 1.76. The number of aryl methyl sites for hydroxylation is 1. The van der Waals surface area contributed by atoms with E-state index < -0.39 is 16.1 Å². The maximum absolute atomic E-state index is 11.8. The molecule has 0 aliphatic carbocycles.